The number of halogens is 1. The van der Waals surface area contributed by atoms with Crippen molar-refractivity contribution in [2.45, 2.75) is 65.3 Å². The van der Waals surface area contributed by atoms with Gasteiger partial charge in [-0.2, -0.15) is 4.98 Å². The summed E-state index contributed by atoms with van der Waals surface area (Å²) in [6.45, 7) is 8.04. The summed E-state index contributed by atoms with van der Waals surface area (Å²) in [6.07, 6.45) is 1.02. The molecule has 2 aromatic heterocycles. The number of ether oxygens (including phenoxy) is 2. The number of rotatable bonds is 6. The minimum Gasteiger partial charge on any atom is -0.497 e. The zero-order chi connectivity index (χ0) is 29.2. The molecule has 1 N–H and O–H groups in total. The highest BCUT2D eigenvalue weighted by atomic mass is 19.1. The summed E-state index contributed by atoms with van der Waals surface area (Å²) in [4.78, 5) is 46.2. The predicted molar refractivity (Wildman–Crippen MR) is 149 cm³/mol. The molecule has 1 atom stereocenters. The summed E-state index contributed by atoms with van der Waals surface area (Å²) >= 11 is 0. The van der Waals surface area contributed by atoms with Crippen LogP contribution in [0.1, 0.15) is 46.1 Å². The number of carbonyl (C=O) groups is 1. The molecule has 0 saturated carbocycles. The first kappa shape index (κ1) is 28.7. The maximum atomic E-state index is 14.6. The number of carbonyl (C=O) groups excluding carboxylic acids is 1. The standard InChI is InChI=1S/C28H35FN6O5/c1-7-8-14-34-22-23(31-25(34)33-13-9-10-19(17-33)30-26(37)40-28(2,3)4)32(5)27(38)35(24(22)36)16-18-15-20(39-6)11-12-21(18)29/h11-12,15,19H,9-10,13-14,16-17H2,1-6H3,(H,30,37)/t19-/m1/s1. The summed E-state index contributed by atoms with van der Waals surface area (Å²) in [7, 11) is 2.98. The molecule has 0 aliphatic carbocycles. The molecule has 40 heavy (non-hydrogen) atoms. The van der Waals surface area contributed by atoms with Crippen LogP contribution in [0.25, 0.3) is 11.2 Å². The predicted octanol–water partition coefficient (Wildman–Crippen LogP) is 2.61. The molecule has 1 aromatic carbocycles. The Morgan fingerprint density at radius 2 is 2.00 bits per heavy atom. The van der Waals surface area contributed by atoms with E-state index in [4.69, 9.17) is 14.5 Å². The molecular formula is C28H35FN6O5. The Balaban J connectivity index is 1.77. The zero-order valence-corrected chi connectivity index (χ0v) is 23.7. The van der Waals surface area contributed by atoms with E-state index in [-0.39, 0.29) is 35.9 Å². The van der Waals surface area contributed by atoms with Crippen molar-refractivity contribution >= 4 is 23.2 Å². The quantitative estimate of drug-likeness (QED) is 0.466. The van der Waals surface area contributed by atoms with Crippen molar-refractivity contribution < 1.29 is 18.7 Å². The summed E-state index contributed by atoms with van der Waals surface area (Å²) in [5.41, 5.74) is -1.32. The van der Waals surface area contributed by atoms with E-state index in [1.165, 1.54) is 36.9 Å². The van der Waals surface area contributed by atoms with E-state index in [9.17, 15) is 18.8 Å². The van der Waals surface area contributed by atoms with Crippen molar-refractivity contribution in [3.8, 4) is 17.6 Å². The Labute approximate surface area is 231 Å². The second-order valence-corrected chi connectivity index (χ2v) is 10.7. The smallest absolute Gasteiger partial charge is 0.407 e. The summed E-state index contributed by atoms with van der Waals surface area (Å²) in [5, 5.41) is 2.92. The first-order valence-corrected chi connectivity index (χ1v) is 13.1. The molecule has 0 bridgehead atoms. The number of aromatic nitrogens is 4. The SMILES string of the molecule is CC#CCn1c(N2CCC[C@@H](NC(=O)OC(C)(C)C)C2)nc2c1c(=O)n(Cc1cc(OC)ccc1F)c(=O)n2C. The lowest BCUT2D eigenvalue weighted by atomic mass is 10.1. The molecule has 1 saturated heterocycles. The largest absolute Gasteiger partial charge is 0.497 e. The highest BCUT2D eigenvalue weighted by Gasteiger charge is 2.29. The van der Waals surface area contributed by atoms with Crippen LogP contribution in [0.2, 0.25) is 0 Å². The fourth-order valence-electron chi connectivity index (χ4n) is 4.77. The van der Waals surface area contributed by atoms with Crippen molar-refractivity contribution in [2.24, 2.45) is 7.05 Å². The lowest BCUT2D eigenvalue weighted by Crippen LogP contribution is -2.49. The minimum atomic E-state index is -0.624. The third kappa shape index (κ3) is 5.98. The third-order valence-corrected chi connectivity index (χ3v) is 6.63. The Bertz CT molecular complexity index is 1600. The van der Waals surface area contributed by atoms with Gasteiger partial charge < -0.3 is 19.7 Å². The third-order valence-electron chi connectivity index (χ3n) is 6.63. The summed E-state index contributed by atoms with van der Waals surface area (Å²) in [5.74, 6) is 6.15. The molecule has 3 aromatic rings. The Hall–Kier alpha value is -4.27. The summed E-state index contributed by atoms with van der Waals surface area (Å²) in [6, 6.07) is 3.96. The van der Waals surface area contributed by atoms with Crippen molar-refractivity contribution in [3.05, 3.63) is 50.4 Å². The van der Waals surface area contributed by atoms with Gasteiger partial charge in [-0.05, 0) is 58.7 Å². The molecule has 3 heterocycles. The average Bonchev–Trinajstić information content (AvgIpc) is 3.28. The molecule has 1 aliphatic heterocycles. The van der Waals surface area contributed by atoms with Gasteiger partial charge in [-0.3, -0.25) is 18.5 Å². The van der Waals surface area contributed by atoms with Crippen LogP contribution < -0.4 is 26.2 Å². The minimum absolute atomic E-state index is 0.143. The second kappa shape index (κ2) is 11.5. The van der Waals surface area contributed by atoms with E-state index in [2.05, 4.69) is 17.2 Å². The Kier molecular flexibility index (Phi) is 8.23. The van der Waals surface area contributed by atoms with Crippen LogP contribution in [0.3, 0.4) is 0 Å². The number of imidazole rings is 1. The molecule has 0 radical (unpaired) electrons. The van der Waals surface area contributed by atoms with E-state index in [1.54, 1.807) is 32.3 Å². The van der Waals surface area contributed by atoms with Gasteiger partial charge in [0.25, 0.3) is 5.56 Å². The number of methoxy groups -OCH3 is 1. The number of hydrogen-bond acceptors (Lipinski definition) is 7. The van der Waals surface area contributed by atoms with Crippen molar-refractivity contribution in [2.75, 3.05) is 25.1 Å². The number of anilines is 1. The van der Waals surface area contributed by atoms with Crippen molar-refractivity contribution in [1.82, 2.24) is 24.0 Å². The highest BCUT2D eigenvalue weighted by molar-refractivity contribution is 5.75. The van der Waals surface area contributed by atoms with E-state index < -0.39 is 28.8 Å². The number of hydrogen-bond donors (Lipinski definition) is 1. The number of aryl methyl sites for hydroxylation is 1. The monoisotopic (exact) mass is 554 g/mol. The van der Waals surface area contributed by atoms with E-state index in [0.717, 1.165) is 17.4 Å². The van der Waals surface area contributed by atoms with Crippen LogP contribution in [0.4, 0.5) is 15.1 Å². The van der Waals surface area contributed by atoms with Gasteiger partial charge in [-0.25, -0.2) is 14.0 Å². The number of nitrogens with zero attached hydrogens (tertiary/aromatic N) is 5. The fraction of sp³-hybridized carbons (Fsp3) is 0.500. The molecule has 1 amide bonds. The fourth-order valence-corrected chi connectivity index (χ4v) is 4.77. The Morgan fingerprint density at radius 1 is 1.25 bits per heavy atom. The zero-order valence-electron chi connectivity index (χ0n) is 23.7. The lowest BCUT2D eigenvalue weighted by Gasteiger charge is -2.34. The normalized spacial score (nSPS) is 15.5. The molecule has 0 spiro atoms. The molecule has 214 valence electrons. The van der Waals surface area contributed by atoms with Gasteiger partial charge in [0.1, 0.15) is 17.2 Å². The molecule has 11 nitrogen and oxygen atoms in total. The maximum Gasteiger partial charge on any atom is 0.407 e. The van der Waals surface area contributed by atoms with Gasteiger partial charge in [-0.1, -0.05) is 5.92 Å². The van der Waals surface area contributed by atoms with Gasteiger partial charge in [0.05, 0.1) is 20.2 Å². The van der Waals surface area contributed by atoms with Crippen LogP contribution in [0.5, 0.6) is 5.75 Å². The number of fused-ring (bicyclic) bond motifs is 1. The van der Waals surface area contributed by atoms with Gasteiger partial charge in [0, 0.05) is 31.7 Å². The Morgan fingerprint density at radius 3 is 2.67 bits per heavy atom. The second-order valence-electron chi connectivity index (χ2n) is 10.7. The van der Waals surface area contributed by atoms with Crippen LogP contribution in [0.15, 0.2) is 27.8 Å². The number of piperidine rings is 1. The van der Waals surface area contributed by atoms with E-state index in [1.807, 2.05) is 4.90 Å². The maximum absolute atomic E-state index is 14.6. The highest BCUT2D eigenvalue weighted by Crippen LogP contribution is 2.24. The number of benzene rings is 1. The lowest BCUT2D eigenvalue weighted by molar-refractivity contribution is 0.0499. The average molecular weight is 555 g/mol. The first-order chi connectivity index (χ1) is 18.9. The van der Waals surface area contributed by atoms with Gasteiger partial charge >= 0.3 is 11.8 Å². The molecule has 12 heteroatoms. The van der Waals surface area contributed by atoms with Crippen LogP contribution >= 0.6 is 0 Å². The van der Waals surface area contributed by atoms with Crippen LogP contribution in [-0.4, -0.2) is 56.6 Å². The molecule has 0 unspecified atom stereocenters. The summed E-state index contributed by atoms with van der Waals surface area (Å²) < 4.78 is 29.2. The van der Waals surface area contributed by atoms with Crippen LogP contribution in [0, 0.1) is 17.7 Å². The molecule has 4 rings (SSSR count). The van der Waals surface area contributed by atoms with E-state index >= 15 is 0 Å². The van der Waals surface area contributed by atoms with Gasteiger partial charge in [-0.15, -0.1) is 5.92 Å². The topological polar surface area (TPSA) is 113 Å². The number of amides is 1. The number of alkyl carbamates (subject to hydrolysis) is 1. The van der Waals surface area contributed by atoms with Crippen LogP contribution in [-0.2, 0) is 24.9 Å². The van der Waals surface area contributed by atoms with Crippen molar-refractivity contribution in [3.63, 3.8) is 0 Å². The van der Waals surface area contributed by atoms with Crippen molar-refractivity contribution in [1.29, 1.82) is 0 Å². The molecule has 1 fully saturated rings. The number of nitrogens with one attached hydrogen (secondary N) is 1. The first-order valence-electron chi connectivity index (χ1n) is 13.1. The molecule has 1 aliphatic rings. The van der Waals surface area contributed by atoms with Gasteiger partial charge in [0.15, 0.2) is 11.2 Å². The molecular weight excluding hydrogens is 519 g/mol. The van der Waals surface area contributed by atoms with E-state index in [0.29, 0.717) is 24.8 Å². The van der Waals surface area contributed by atoms with Gasteiger partial charge in [0.2, 0.25) is 5.95 Å².